The normalized spacial score (nSPS) is 12.3. The number of fused-ring (bicyclic) bond motifs is 2. The van der Waals surface area contributed by atoms with Gasteiger partial charge in [0.1, 0.15) is 23.3 Å². The molecule has 5 aromatic rings. The molecule has 1 N–H and O–H groups in total. The predicted molar refractivity (Wildman–Crippen MR) is 120 cm³/mol. The van der Waals surface area contributed by atoms with E-state index in [1.54, 1.807) is 32.4 Å². The third-order valence-electron chi connectivity index (χ3n) is 5.66. The second-order valence-electron chi connectivity index (χ2n) is 7.84. The number of hydrogen-bond acceptors (Lipinski definition) is 5. The zero-order chi connectivity index (χ0) is 23.1. The molecule has 0 saturated heterocycles. The van der Waals surface area contributed by atoms with Gasteiger partial charge in [0.05, 0.1) is 29.0 Å². The molecule has 0 spiro atoms. The minimum Gasteiger partial charge on any atom is -0.442 e. The molecule has 1 unspecified atom stereocenters. The maximum Gasteiger partial charge on any atom is 0.265 e. The van der Waals surface area contributed by atoms with Gasteiger partial charge in [0, 0.05) is 13.6 Å². The first-order valence-electron chi connectivity index (χ1n) is 10.3. The summed E-state index contributed by atoms with van der Waals surface area (Å²) in [7, 11) is 1.56. The summed E-state index contributed by atoms with van der Waals surface area (Å²) < 4.78 is 22.4. The number of amides is 1. The lowest BCUT2D eigenvalue weighted by molar-refractivity contribution is 0.0932. The van der Waals surface area contributed by atoms with Gasteiger partial charge in [-0.2, -0.15) is 0 Å². The Balaban J connectivity index is 1.55. The highest BCUT2D eigenvalue weighted by Crippen LogP contribution is 2.24. The first kappa shape index (κ1) is 20.6. The fraction of sp³-hybridized carbons (Fsp3) is 0.167. The van der Waals surface area contributed by atoms with Crippen molar-refractivity contribution in [2.75, 3.05) is 0 Å². The smallest absolute Gasteiger partial charge is 0.265 e. The van der Waals surface area contributed by atoms with Gasteiger partial charge in [0.2, 0.25) is 5.71 Å². The third-order valence-corrected chi connectivity index (χ3v) is 5.66. The lowest BCUT2D eigenvalue weighted by Gasteiger charge is -2.20. The van der Waals surface area contributed by atoms with Crippen LogP contribution in [0.2, 0.25) is 0 Å². The summed E-state index contributed by atoms with van der Waals surface area (Å²) in [6, 6.07) is 13.1. The van der Waals surface area contributed by atoms with Crippen LogP contribution in [-0.4, -0.2) is 25.0 Å². The van der Waals surface area contributed by atoms with Crippen LogP contribution in [0.4, 0.5) is 4.39 Å². The number of hydrogen-bond donors (Lipinski definition) is 1. The molecule has 5 rings (SSSR count). The van der Waals surface area contributed by atoms with Crippen molar-refractivity contribution in [3.8, 4) is 0 Å². The van der Waals surface area contributed by atoms with Crippen molar-refractivity contribution < 1.29 is 13.6 Å². The molecular weight excluding hydrogens is 425 g/mol. The van der Waals surface area contributed by atoms with E-state index in [-0.39, 0.29) is 28.0 Å². The summed E-state index contributed by atoms with van der Waals surface area (Å²) in [6.45, 7) is 1.97. The fourth-order valence-corrected chi connectivity index (χ4v) is 3.97. The highest BCUT2D eigenvalue weighted by atomic mass is 19.1. The summed E-state index contributed by atoms with van der Waals surface area (Å²) in [5, 5.41) is 3.12. The van der Waals surface area contributed by atoms with E-state index in [1.165, 1.54) is 23.0 Å². The first-order chi connectivity index (χ1) is 15.9. The van der Waals surface area contributed by atoms with E-state index in [9.17, 15) is 14.0 Å². The number of carbonyl (C=O) groups is 1. The van der Waals surface area contributed by atoms with E-state index in [4.69, 9.17) is 4.42 Å². The third kappa shape index (κ3) is 3.67. The topological polar surface area (TPSA) is 95.0 Å². The zero-order valence-electron chi connectivity index (χ0n) is 17.9. The number of furan rings is 1. The van der Waals surface area contributed by atoms with Crippen molar-refractivity contribution in [1.82, 2.24) is 24.4 Å². The highest BCUT2D eigenvalue weighted by Gasteiger charge is 2.25. The van der Waals surface area contributed by atoms with Gasteiger partial charge in [0.15, 0.2) is 0 Å². The molecule has 0 aliphatic carbocycles. The van der Waals surface area contributed by atoms with Crippen molar-refractivity contribution in [2.24, 2.45) is 7.05 Å². The number of para-hydroxylation sites is 2. The summed E-state index contributed by atoms with van der Waals surface area (Å²) >= 11 is 0. The molecule has 0 saturated carbocycles. The van der Waals surface area contributed by atoms with E-state index in [0.717, 1.165) is 11.0 Å². The average molecular weight is 445 g/mol. The molecule has 0 radical (unpaired) electrons. The number of imidazole rings is 1. The molecule has 0 aliphatic rings. The Labute approximate surface area is 187 Å². The molecule has 0 bridgehead atoms. The minimum absolute atomic E-state index is 0.111. The lowest BCUT2D eigenvalue weighted by atomic mass is 10.1. The van der Waals surface area contributed by atoms with Crippen molar-refractivity contribution >= 4 is 28.0 Å². The molecule has 1 amide bonds. The minimum atomic E-state index is -0.527. The van der Waals surface area contributed by atoms with E-state index in [0.29, 0.717) is 17.9 Å². The maximum absolute atomic E-state index is 13.6. The van der Waals surface area contributed by atoms with Crippen LogP contribution in [0.1, 0.15) is 27.7 Å². The molecule has 1 atom stereocenters. The Kier molecular flexibility index (Phi) is 5.01. The van der Waals surface area contributed by atoms with E-state index >= 15 is 0 Å². The second-order valence-corrected chi connectivity index (χ2v) is 7.84. The molecular formula is C24H20FN5O3. The molecule has 3 heterocycles. The highest BCUT2D eigenvalue weighted by molar-refractivity contribution is 6.06. The van der Waals surface area contributed by atoms with Crippen molar-refractivity contribution in [2.45, 2.75) is 19.5 Å². The fourth-order valence-electron chi connectivity index (χ4n) is 3.97. The number of rotatable bonds is 5. The summed E-state index contributed by atoms with van der Waals surface area (Å²) in [4.78, 5) is 34.6. The van der Waals surface area contributed by atoms with Gasteiger partial charge in [-0.05, 0) is 36.8 Å². The van der Waals surface area contributed by atoms with Gasteiger partial charge >= 0.3 is 0 Å². The van der Waals surface area contributed by atoms with Crippen LogP contribution >= 0.6 is 0 Å². The van der Waals surface area contributed by atoms with Crippen LogP contribution in [-0.2, 0) is 13.6 Å². The summed E-state index contributed by atoms with van der Waals surface area (Å²) in [6.07, 6.45) is 3.05. The number of aromatic nitrogens is 4. The van der Waals surface area contributed by atoms with Crippen LogP contribution in [0.3, 0.4) is 0 Å². The van der Waals surface area contributed by atoms with Crippen LogP contribution in [0, 0.1) is 12.7 Å². The van der Waals surface area contributed by atoms with Crippen LogP contribution in [0.5, 0.6) is 0 Å². The van der Waals surface area contributed by atoms with Crippen molar-refractivity contribution in [3.05, 3.63) is 94.2 Å². The van der Waals surface area contributed by atoms with Crippen LogP contribution < -0.4 is 10.9 Å². The summed E-state index contributed by atoms with van der Waals surface area (Å²) in [5.41, 5.74) is 2.32. The molecule has 2 aromatic carbocycles. The standard InChI is InChI=1S/C24H20FN5O3/c1-14-20(21-23(33-14)27-12-29(2)24(21)32)22(31)28-18(15-7-9-16(25)10-8-15)11-30-13-26-17-5-3-4-6-19(17)30/h3-10,12-13,18H,11H2,1-2H3,(H,28,31). The van der Waals surface area contributed by atoms with Gasteiger partial charge in [-0.25, -0.2) is 14.4 Å². The SMILES string of the molecule is Cc1oc2ncn(C)c(=O)c2c1C(=O)NC(Cn1cnc2ccccc21)c1ccc(F)cc1. The first-order valence-corrected chi connectivity index (χ1v) is 10.3. The van der Waals surface area contributed by atoms with Crippen molar-refractivity contribution in [1.29, 1.82) is 0 Å². The van der Waals surface area contributed by atoms with Gasteiger partial charge in [0.25, 0.3) is 11.5 Å². The maximum atomic E-state index is 13.6. The Morgan fingerprint density at radius 2 is 1.88 bits per heavy atom. The Morgan fingerprint density at radius 1 is 1.12 bits per heavy atom. The number of halogens is 1. The second kappa shape index (κ2) is 8.01. The molecule has 166 valence electrons. The van der Waals surface area contributed by atoms with E-state index in [2.05, 4.69) is 15.3 Å². The quantitative estimate of drug-likeness (QED) is 0.447. The average Bonchev–Trinajstić information content (AvgIpc) is 3.37. The molecule has 9 heteroatoms. The monoisotopic (exact) mass is 445 g/mol. The van der Waals surface area contributed by atoms with E-state index < -0.39 is 11.9 Å². The van der Waals surface area contributed by atoms with Gasteiger partial charge < -0.3 is 18.9 Å². The zero-order valence-corrected chi connectivity index (χ0v) is 17.9. The largest absolute Gasteiger partial charge is 0.442 e. The summed E-state index contributed by atoms with van der Waals surface area (Å²) in [5.74, 6) is -0.553. The van der Waals surface area contributed by atoms with Gasteiger partial charge in [-0.15, -0.1) is 0 Å². The Morgan fingerprint density at radius 3 is 2.67 bits per heavy atom. The molecule has 0 aliphatic heterocycles. The molecule has 8 nitrogen and oxygen atoms in total. The molecule has 3 aromatic heterocycles. The van der Waals surface area contributed by atoms with E-state index in [1.807, 2.05) is 28.8 Å². The number of carbonyl (C=O) groups excluding carboxylic acids is 1. The number of benzene rings is 2. The van der Waals surface area contributed by atoms with Gasteiger partial charge in [-0.1, -0.05) is 24.3 Å². The van der Waals surface area contributed by atoms with Crippen molar-refractivity contribution in [3.63, 3.8) is 0 Å². The Hall–Kier alpha value is -4.27. The number of nitrogens with zero attached hydrogens (tertiary/aromatic N) is 4. The van der Waals surface area contributed by atoms with Crippen LogP contribution in [0.25, 0.3) is 22.1 Å². The van der Waals surface area contributed by atoms with Crippen LogP contribution in [0.15, 0.2) is 70.4 Å². The molecule has 33 heavy (non-hydrogen) atoms. The number of nitrogens with one attached hydrogen (secondary N) is 1. The number of aryl methyl sites for hydroxylation is 2. The predicted octanol–water partition coefficient (Wildman–Crippen LogP) is 3.50. The lowest BCUT2D eigenvalue weighted by Crippen LogP contribution is -2.32. The Bertz CT molecular complexity index is 1550. The molecule has 0 fully saturated rings. The van der Waals surface area contributed by atoms with Gasteiger partial charge in [-0.3, -0.25) is 9.59 Å².